The molecule has 0 spiro atoms. The van der Waals surface area contributed by atoms with Crippen molar-refractivity contribution in [2.75, 3.05) is 11.5 Å². The Morgan fingerprint density at radius 3 is 2.16 bits per heavy atom. The summed E-state index contributed by atoms with van der Waals surface area (Å²) in [6.45, 7) is 1.57. The lowest BCUT2D eigenvalue weighted by molar-refractivity contribution is -0.123. The molecular formula is C31H27NO5. The highest BCUT2D eigenvalue weighted by molar-refractivity contribution is 6.22. The summed E-state index contributed by atoms with van der Waals surface area (Å²) in [6.07, 6.45) is 1.86. The summed E-state index contributed by atoms with van der Waals surface area (Å²) in [5.74, 6) is -1.01. The van der Waals surface area contributed by atoms with Gasteiger partial charge in [-0.05, 0) is 67.3 Å². The van der Waals surface area contributed by atoms with Gasteiger partial charge in [0, 0.05) is 5.56 Å². The third-order valence-electron chi connectivity index (χ3n) is 8.31. The molecule has 0 unspecified atom stereocenters. The maximum absolute atomic E-state index is 13.5. The molecule has 2 bridgehead atoms. The second kappa shape index (κ2) is 9.11. The largest absolute Gasteiger partial charge is 0.454 e. The highest BCUT2D eigenvalue weighted by Crippen LogP contribution is 2.61. The molecule has 2 aliphatic carbocycles. The minimum absolute atomic E-state index is 0.131. The normalized spacial score (nSPS) is 25.9. The van der Waals surface area contributed by atoms with E-state index in [0.29, 0.717) is 17.2 Å². The van der Waals surface area contributed by atoms with Gasteiger partial charge in [0.15, 0.2) is 12.4 Å². The predicted octanol–water partition coefficient (Wildman–Crippen LogP) is 4.96. The number of Topliss-reactive ketones (excluding diaryl/α,β-unsaturated/α-hetero) is 1. The number of hydrogen-bond acceptors (Lipinski definition) is 5. The molecule has 3 aromatic rings. The van der Waals surface area contributed by atoms with Crippen LogP contribution in [0.2, 0.25) is 0 Å². The number of hydrogen-bond donors (Lipinski definition) is 0. The van der Waals surface area contributed by atoms with Gasteiger partial charge >= 0.3 is 5.97 Å². The van der Waals surface area contributed by atoms with E-state index in [9.17, 15) is 19.2 Å². The van der Waals surface area contributed by atoms with Gasteiger partial charge in [-0.25, -0.2) is 4.79 Å². The molecule has 1 heterocycles. The summed E-state index contributed by atoms with van der Waals surface area (Å²) in [4.78, 5) is 53.0. The monoisotopic (exact) mass is 493 g/mol. The second-order valence-corrected chi connectivity index (χ2v) is 10.4. The van der Waals surface area contributed by atoms with Crippen LogP contribution >= 0.6 is 0 Å². The van der Waals surface area contributed by atoms with Gasteiger partial charge in [-0.3, -0.25) is 19.3 Å². The van der Waals surface area contributed by atoms with Crippen molar-refractivity contribution in [3.8, 4) is 0 Å². The molecule has 3 fully saturated rings. The lowest BCUT2D eigenvalue weighted by Crippen LogP contribution is -2.33. The third kappa shape index (κ3) is 3.97. The van der Waals surface area contributed by atoms with E-state index in [0.717, 1.165) is 18.4 Å². The van der Waals surface area contributed by atoms with Crippen molar-refractivity contribution in [2.45, 2.75) is 25.7 Å². The number of fused-ring (bicyclic) bond motifs is 5. The molecule has 186 valence electrons. The van der Waals surface area contributed by atoms with E-state index >= 15 is 0 Å². The number of anilines is 1. The molecule has 37 heavy (non-hydrogen) atoms. The van der Waals surface area contributed by atoms with Crippen molar-refractivity contribution in [2.24, 2.45) is 23.7 Å². The SMILES string of the molecule is Cc1ccc(C(=O)COC(=O)c2ccc(N3C(=O)[C@@H]4[C@@H]5C[C@@H]([C@@H]4C3=O)[C@H](c3ccccc3)C5)cc2)cc1. The summed E-state index contributed by atoms with van der Waals surface area (Å²) < 4.78 is 5.20. The number of imide groups is 1. The Bertz CT molecular complexity index is 1380. The first-order valence-corrected chi connectivity index (χ1v) is 12.7. The van der Waals surface area contributed by atoms with Crippen molar-refractivity contribution in [3.63, 3.8) is 0 Å². The van der Waals surface area contributed by atoms with E-state index in [4.69, 9.17) is 4.74 Å². The van der Waals surface area contributed by atoms with E-state index in [-0.39, 0.29) is 53.4 Å². The zero-order valence-corrected chi connectivity index (χ0v) is 20.5. The number of carbonyl (C=O) groups is 4. The molecular weight excluding hydrogens is 466 g/mol. The molecule has 0 aromatic heterocycles. The highest BCUT2D eigenvalue weighted by Gasteiger charge is 2.64. The Morgan fingerprint density at radius 1 is 0.811 bits per heavy atom. The maximum Gasteiger partial charge on any atom is 0.338 e. The fourth-order valence-electron chi connectivity index (χ4n) is 6.58. The minimum Gasteiger partial charge on any atom is -0.454 e. The first-order valence-electron chi connectivity index (χ1n) is 12.7. The average Bonchev–Trinajstić information content (AvgIpc) is 3.59. The summed E-state index contributed by atoms with van der Waals surface area (Å²) in [5, 5.41) is 0. The zero-order valence-electron chi connectivity index (χ0n) is 20.5. The van der Waals surface area contributed by atoms with Crippen LogP contribution in [-0.2, 0) is 14.3 Å². The van der Waals surface area contributed by atoms with Crippen LogP contribution in [0.1, 0.15) is 50.6 Å². The van der Waals surface area contributed by atoms with E-state index < -0.39 is 5.97 Å². The molecule has 6 nitrogen and oxygen atoms in total. The quantitative estimate of drug-likeness (QED) is 0.275. The fourth-order valence-corrected chi connectivity index (χ4v) is 6.58. The fraction of sp³-hybridized carbons (Fsp3) is 0.290. The van der Waals surface area contributed by atoms with Crippen LogP contribution in [-0.4, -0.2) is 30.2 Å². The third-order valence-corrected chi connectivity index (χ3v) is 8.31. The van der Waals surface area contributed by atoms with Crippen molar-refractivity contribution >= 4 is 29.3 Å². The van der Waals surface area contributed by atoms with Gasteiger partial charge in [0.1, 0.15) is 0 Å². The molecule has 0 radical (unpaired) electrons. The van der Waals surface area contributed by atoms with Crippen molar-refractivity contribution in [1.82, 2.24) is 0 Å². The van der Waals surface area contributed by atoms with Gasteiger partial charge in [-0.2, -0.15) is 0 Å². The van der Waals surface area contributed by atoms with Crippen molar-refractivity contribution < 1.29 is 23.9 Å². The minimum atomic E-state index is -0.633. The molecule has 6 rings (SSSR count). The van der Waals surface area contributed by atoms with Gasteiger partial charge in [-0.1, -0.05) is 60.2 Å². The van der Waals surface area contributed by atoms with Gasteiger partial charge in [-0.15, -0.1) is 0 Å². The first kappa shape index (κ1) is 23.3. The second-order valence-electron chi connectivity index (χ2n) is 10.4. The average molecular weight is 494 g/mol. The first-order chi connectivity index (χ1) is 17.9. The van der Waals surface area contributed by atoms with Crippen LogP contribution in [0.4, 0.5) is 5.69 Å². The number of nitrogens with zero attached hydrogens (tertiary/aromatic N) is 1. The lowest BCUT2D eigenvalue weighted by Gasteiger charge is -2.28. The summed E-state index contributed by atoms with van der Waals surface area (Å²) in [5.41, 5.74) is 3.48. The number of carbonyl (C=O) groups excluding carboxylic acids is 4. The molecule has 3 aliphatic rings. The smallest absolute Gasteiger partial charge is 0.338 e. The van der Waals surface area contributed by atoms with E-state index in [1.807, 2.05) is 37.3 Å². The van der Waals surface area contributed by atoms with Gasteiger partial charge < -0.3 is 4.74 Å². The van der Waals surface area contributed by atoms with Gasteiger partial charge in [0.05, 0.1) is 23.1 Å². The Labute approximate surface area is 215 Å². The van der Waals surface area contributed by atoms with Crippen LogP contribution < -0.4 is 4.90 Å². The highest BCUT2D eigenvalue weighted by atomic mass is 16.5. The predicted molar refractivity (Wildman–Crippen MR) is 137 cm³/mol. The van der Waals surface area contributed by atoms with E-state index in [1.165, 1.54) is 22.6 Å². The van der Waals surface area contributed by atoms with Gasteiger partial charge in [0.25, 0.3) is 0 Å². The van der Waals surface area contributed by atoms with Crippen LogP contribution in [0, 0.1) is 30.6 Å². The summed E-state index contributed by atoms with van der Waals surface area (Å²) in [6, 6.07) is 23.6. The zero-order chi connectivity index (χ0) is 25.7. The number of ether oxygens (including phenoxy) is 1. The van der Waals surface area contributed by atoms with Crippen molar-refractivity contribution in [3.05, 3.63) is 101 Å². The van der Waals surface area contributed by atoms with E-state index in [2.05, 4.69) is 12.1 Å². The molecule has 2 amide bonds. The van der Waals surface area contributed by atoms with Crippen LogP contribution in [0.15, 0.2) is 78.9 Å². The number of benzene rings is 3. The number of amides is 2. The number of rotatable bonds is 6. The number of aryl methyl sites for hydroxylation is 1. The Hall–Kier alpha value is -4.06. The number of ketones is 1. The molecule has 1 saturated heterocycles. The Morgan fingerprint density at radius 2 is 1.46 bits per heavy atom. The summed E-state index contributed by atoms with van der Waals surface area (Å²) in [7, 11) is 0. The van der Waals surface area contributed by atoms with E-state index in [1.54, 1.807) is 24.3 Å². The molecule has 1 aliphatic heterocycles. The molecule has 2 saturated carbocycles. The van der Waals surface area contributed by atoms with Gasteiger partial charge in [0.2, 0.25) is 11.8 Å². The molecule has 5 atom stereocenters. The molecule has 6 heteroatoms. The Balaban J connectivity index is 1.13. The van der Waals surface area contributed by atoms with Crippen LogP contribution in [0.5, 0.6) is 0 Å². The lowest BCUT2D eigenvalue weighted by atomic mass is 9.73. The topological polar surface area (TPSA) is 80.8 Å². The number of esters is 1. The maximum atomic E-state index is 13.5. The van der Waals surface area contributed by atoms with Crippen LogP contribution in [0.25, 0.3) is 0 Å². The van der Waals surface area contributed by atoms with Crippen LogP contribution in [0.3, 0.4) is 0 Å². The molecule has 0 N–H and O–H groups in total. The Kier molecular flexibility index (Phi) is 5.75. The summed E-state index contributed by atoms with van der Waals surface area (Å²) >= 11 is 0. The molecule has 3 aromatic carbocycles. The standard InChI is InChI=1S/C31H27NO5/c1-18-7-9-20(10-8-18)26(33)17-37-31(36)21-11-13-23(14-12-21)32-29(34)27-22-15-24(19-5-3-2-4-6-19)25(16-22)28(27)30(32)35/h2-14,22,24-25,27-28H,15-17H2,1H3/t22-,24-,25+,27+,28-/m0/s1. The van der Waals surface area contributed by atoms with Crippen molar-refractivity contribution in [1.29, 1.82) is 0 Å².